The summed E-state index contributed by atoms with van der Waals surface area (Å²) in [6.07, 6.45) is 1.28. The predicted octanol–water partition coefficient (Wildman–Crippen LogP) is -3.96. The lowest BCUT2D eigenvalue weighted by Gasteiger charge is -2.29. The van der Waals surface area contributed by atoms with Crippen LogP contribution >= 0.6 is 0 Å². The second kappa shape index (κ2) is 4.27. The van der Waals surface area contributed by atoms with Crippen LogP contribution in [0.4, 0.5) is 0 Å². The fraction of sp³-hybridized carbons (Fsp3) is 0.375. The molecule has 2 aromatic rings. The number of rotatable bonds is 2. The average molecular weight is 253 g/mol. The van der Waals surface area contributed by atoms with Crippen LogP contribution in [-0.4, -0.2) is 65.8 Å². The maximum Gasteiger partial charge on any atom is 0.329 e. The largest absolute Gasteiger partial charge is 0.329 e. The standard InChI is InChI=1S/C8H4B6N4O2/c1-16-2-15-4-3(16)5(19)18(8(12,13)14)6(20)17(4)7(9,10)11/h2H,1H3. The minimum absolute atomic E-state index is 0.0268. The molecule has 0 unspecified atom stereocenters. The van der Waals surface area contributed by atoms with E-state index in [2.05, 4.69) is 4.98 Å². The summed E-state index contributed by atoms with van der Waals surface area (Å²) in [5, 5.41) is -4.37. The van der Waals surface area contributed by atoms with Crippen LogP contribution in [0.5, 0.6) is 0 Å². The van der Waals surface area contributed by atoms with Gasteiger partial charge in [0.15, 0.2) is 11.2 Å². The van der Waals surface area contributed by atoms with Crippen LogP contribution in [0, 0.1) is 0 Å². The first-order valence-corrected chi connectivity index (χ1v) is 5.39. The van der Waals surface area contributed by atoms with Gasteiger partial charge in [0, 0.05) is 7.05 Å². The predicted molar refractivity (Wildman–Crippen MR) is 79.7 cm³/mol. The molecule has 0 bridgehead atoms. The summed E-state index contributed by atoms with van der Waals surface area (Å²) < 4.78 is 2.42. The molecule has 2 rings (SSSR count). The van der Waals surface area contributed by atoms with E-state index in [0.717, 1.165) is 0 Å². The molecular formula is C8H4B6N4O2. The van der Waals surface area contributed by atoms with Gasteiger partial charge in [-0.25, -0.2) is 9.78 Å². The van der Waals surface area contributed by atoms with Crippen molar-refractivity contribution >= 4 is 58.2 Å². The molecule has 12 heteroatoms. The Hall–Kier alpha value is -1.46. The summed E-state index contributed by atoms with van der Waals surface area (Å²) >= 11 is 0. The third-order valence-electron chi connectivity index (χ3n) is 2.69. The monoisotopic (exact) mass is 254 g/mol. The van der Waals surface area contributed by atoms with Gasteiger partial charge in [-0.15, -0.1) is 0 Å². The van der Waals surface area contributed by atoms with Crippen LogP contribution in [0.2, 0.25) is 0 Å². The van der Waals surface area contributed by atoms with Crippen molar-refractivity contribution < 1.29 is 0 Å². The molecule has 0 saturated carbocycles. The molecule has 0 aromatic carbocycles. The normalized spacial score (nSPS) is 12.8. The van der Waals surface area contributed by atoms with E-state index in [1.165, 1.54) is 17.9 Å². The molecule has 0 N–H and O–H groups in total. The summed E-state index contributed by atoms with van der Waals surface area (Å²) in [5.41, 5.74) is -2.03. The third kappa shape index (κ3) is 2.11. The highest BCUT2D eigenvalue weighted by molar-refractivity contribution is 6.57. The molecule has 6 nitrogen and oxygen atoms in total. The maximum absolute atomic E-state index is 12.3. The molecule has 12 radical (unpaired) electrons. The Morgan fingerprint density at radius 1 is 1.00 bits per heavy atom. The summed E-state index contributed by atoms with van der Waals surface area (Å²) in [4.78, 5) is 28.5. The number of aryl methyl sites for hydroxylation is 1. The van der Waals surface area contributed by atoms with Gasteiger partial charge < -0.3 is 4.57 Å². The molecule has 0 aliphatic carbocycles. The third-order valence-corrected chi connectivity index (χ3v) is 2.69. The van der Waals surface area contributed by atoms with E-state index in [1.807, 2.05) is 0 Å². The fourth-order valence-corrected chi connectivity index (χ4v) is 1.90. The van der Waals surface area contributed by atoms with Crippen LogP contribution in [0.1, 0.15) is 0 Å². The van der Waals surface area contributed by atoms with Crippen LogP contribution in [0.3, 0.4) is 0 Å². The molecule has 0 aliphatic heterocycles. The molecular weight excluding hydrogens is 249 g/mol. The lowest BCUT2D eigenvalue weighted by Crippen LogP contribution is -2.57. The number of fused-ring (bicyclic) bond motifs is 1. The Balaban J connectivity index is 3.16. The zero-order valence-corrected chi connectivity index (χ0v) is 10.6. The van der Waals surface area contributed by atoms with Gasteiger partial charge in [-0.1, -0.05) is 10.5 Å². The van der Waals surface area contributed by atoms with E-state index >= 15 is 0 Å². The Bertz CT molecular complexity index is 793. The summed E-state index contributed by atoms with van der Waals surface area (Å²) in [6.45, 7) is 0. The number of nitrogens with zero attached hydrogens (tertiary/aromatic N) is 4. The van der Waals surface area contributed by atoms with Gasteiger partial charge in [0.2, 0.25) is 0 Å². The topological polar surface area (TPSA) is 61.8 Å². The molecule has 0 spiro atoms. The van der Waals surface area contributed by atoms with Crippen molar-refractivity contribution in [3.05, 3.63) is 27.2 Å². The number of aromatic nitrogens is 4. The molecule has 2 heterocycles. The van der Waals surface area contributed by atoms with E-state index in [0.29, 0.717) is 9.13 Å². The molecule has 86 valence electrons. The number of hydrogen-bond donors (Lipinski definition) is 0. The second-order valence-electron chi connectivity index (χ2n) is 4.56. The smallest absolute Gasteiger partial charge is 0.328 e. The van der Waals surface area contributed by atoms with Crippen molar-refractivity contribution in [1.82, 2.24) is 18.7 Å². The molecule has 0 amide bonds. The highest BCUT2D eigenvalue weighted by Gasteiger charge is 2.27. The lowest BCUT2D eigenvalue weighted by molar-refractivity contribution is 0.612. The van der Waals surface area contributed by atoms with Crippen LogP contribution in [0.25, 0.3) is 11.2 Å². The highest BCUT2D eigenvalue weighted by atomic mass is 16.2. The van der Waals surface area contributed by atoms with Crippen molar-refractivity contribution in [1.29, 1.82) is 0 Å². The van der Waals surface area contributed by atoms with Crippen molar-refractivity contribution in [2.75, 3.05) is 0 Å². The zero-order chi connectivity index (χ0) is 15.5. The Kier molecular flexibility index (Phi) is 3.19. The van der Waals surface area contributed by atoms with Gasteiger partial charge in [0.05, 0.1) is 53.4 Å². The van der Waals surface area contributed by atoms with Gasteiger partial charge in [0.1, 0.15) is 0 Å². The first kappa shape index (κ1) is 14.9. The van der Waals surface area contributed by atoms with Gasteiger partial charge in [-0.2, -0.15) is 0 Å². The van der Waals surface area contributed by atoms with Gasteiger partial charge in [-0.05, 0) is 0 Å². The van der Waals surface area contributed by atoms with Crippen LogP contribution < -0.4 is 11.2 Å². The first-order chi connectivity index (χ1) is 8.96. The fourth-order valence-electron chi connectivity index (χ4n) is 1.90. The lowest BCUT2D eigenvalue weighted by atomic mass is 9.48. The van der Waals surface area contributed by atoms with Crippen LogP contribution in [-0.2, 0) is 17.5 Å². The summed E-state index contributed by atoms with van der Waals surface area (Å²) in [5.74, 6) is 0. The molecule has 0 saturated heterocycles. The molecule has 0 atom stereocenters. The van der Waals surface area contributed by atoms with Crippen molar-refractivity contribution in [3.63, 3.8) is 0 Å². The Morgan fingerprint density at radius 2 is 1.50 bits per heavy atom. The minimum Gasteiger partial charge on any atom is -0.328 e. The molecule has 20 heavy (non-hydrogen) atoms. The summed E-state index contributed by atoms with van der Waals surface area (Å²) in [7, 11) is 34.4. The SMILES string of the molecule is [B]C([B])([B])n1c(=O)c2c(ncn2C)n(C([B])([B])[B])c1=O. The number of imidazole rings is 1. The maximum atomic E-state index is 12.3. The van der Waals surface area contributed by atoms with E-state index < -0.39 is 21.7 Å². The Morgan fingerprint density at radius 3 is 1.95 bits per heavy atom. The second-order valence-corrected chi connectivity index (χ2v) is 4.56. The van der Waals surface area contributed by atoms with E-state index in [-0.39, 0.29) is 11.2 Å². The Labute approximate surface area is 122 Å². The first-order valence-electron chi connectivity index (χ1n) is 5.39. The van der Waals surface area contributed by atoms with Crippen molar-refractivity contribution in [3.8, 4) is 0 Å². The van der Waals surface area contributed by atoms with E-state index in [4.69, 9.17) is 47.1 Å². The highest BCUT2D eigenvalue weighted by Crippen LogP contribution is 2.11. The quantitative estimate of drug-likeness (QED) is 0.513. The van der Waals surface area contributed by atoms with Crippen molar-refractivity contribution in [2.24, 2.45) is 7.05 Å². The van der Waals surface area contributed by atoms with Gasteiger partial charge >= 0.3 is 5.69 Å². The number of hydrogen-bond acceptors (Lipinski definition) is 3. The van der Waals surface area contributed by atoms with Crippen molar-refractivity contribution in [2.45, 2.75) is 10.5 Å². The molecule has 0 fully saturated rings. The average Bonchev–Trinajstić information content (AvgIpc) is 2.56. The van der Waals surface area contributed by atoms with E-state index in [9.17, 15) is 9.59 Å². The molecule has 2 aromatic heterocycles. The zero-order valence-electron chi connectivity index (χ0n) is 10.6. The van der Waals surface area contributed by atoms with Gasteiger partial charge in [0.25, 0.3) is 5.56 Å². The van der Waals surface area contributed by atoms with Gasteiger partial charge in [-0.3, -0.25) is 13.9 Å². The van der Waals surface area contributed by atoms with E-state index in [1.54, 1.807) is 0 Å². The summed E-state index contributed by atoms with van der Waals surface area (Å²) in [6, 6.07) is 0. The minimum atomic E-state index is -2.25. The van der Waals surface area contributed by atoms with Crippen LogP contribution in [0.15, 0.2) is 15.9 Å². The molecule has 0 aliphatic rings.